The van der Waals surface area contributed by atoms with Gasteiger partial charge < -0.3 is 9.64 Å². The van der Waals surface area contributed by atoms with Crippen molar-refractivity contribution in [3.63, 3.8) is 0 Å². The van der Waals surface area contributed by atoms with Crippen LogP contribution in [0.5, 0.6) is 0 Å². The minimum Gasteiger partial charge on any atom is -0.382 e. The molecule has 176 valence electrons. The van der Waals surface area contributed by atoms with E-state index in [1.807, 2.05) is 24.3 Å². The van der Waals surface area contributed by atoms with Crippen LogP contribution in [0.3, 0.4) is 0 Å². The van der Waals surface area contributed by atoms with E-state index in [1.165, 1.54) is 24.4 Å². The highest BCUT2D eigenvalue weighted by Crippen LogP contribution is 2.29. The maximum atomic E-state index is 13.7. The number of ketones is 1. The number of hydrogen-bond donors (Lipinski definition) is 0. The Kier molecular flexibility index (Phi) is 6.84. The number of allylic oxidation sites excluding steroid dienone is 1. The van der Waals surface area contributed by atoms with Crippen LogP contribution in [0.2, 0.25) is 0 Å². The summed E-state index contributed by atoms with van der Waals surface area (Å²) in [5.74, 6) is -0.651. The first-order valence-electron chi connectivity index (χ1n) is 10.9. The first-order chi connectivity index (χ1) is 16.3. The van der Waals surface area contributed by atoms with Crippen molar-refractivity contribution >= 4 is 26.7 Å². The standard InChI is InChI=1S/C25H26N4O4S/c1-27(2)18-21(16-26)25(30)24-15-20-9-8-19(17-28-10-12-33-13-11-28)14-23(20)29(24)34(31,32)22-6-4-3-5-7-22/h3-9,14-15,18H,10-13,17H2,1-2H3/b21-18+. The number of aromatic nitrogens is 1. The smallest absolute Gasteiger partial charge is 0.268 e. The molecule has 0 atom stereocenters. The number of nitrogens with zero attached hydrogens (tertiary/aromatic N) is 4. The molecule has 0 radical (unpaired) electrons. The summed E-state index contributed by atoms with van der Waals surface area (Å²) in [6.45, 7) is 3.56. The Balaban J connectivity index is 1.90. The second-order valence-corrected chi connectivity index (χ2v) is 10.1. The zero-order valence-electron chi connectivity index (χ0n) is 19.1. The second-order valence-electron chi connectivity index (χ2n) is 8.34. The molecule has 3 aromatic rings. The van der Waals surface area contributed by atoms with E-state index < -0.39 is 15.8 Å². The van der Waals surface area contributed by atoms with Crippen molar-refractivity contribution in [1.82, 2.24) is 13.8 Å². The van der Waals surface area contributed by atoms with Crippen LogP contribution in [-0.2, 0) is 21.3 Å². The average Bonchev–Trinajstić information content (AvgIpc) is 3.23. The Hall–Kier alpha value is -3.45. The molecule has 1 aliphatic heterocycles. The summed E-state index contributed by atoms with van der Waals surface area (Å²) in [5.41, 5.74) is 1.11. The summed E-state index contributed by atoms with van der Waals surface area (Å²) >= 11 is 0. The summed E-state index contributed by atoms with van der Waals surface area (Å²) in [4.78, 5) is 17.2. The van der Waals surface area contributed by atoms with Gasteiger partial charge in [0.15, 0.2) is 0 Å². The van der Waals surface area contributed by atoms with Crippen LogP contribution in [0.15, 0.2) is 71.3 Å². The van der Waals surface area contributed by atoms with Crippen LogP contribution >= 0.6 is 0 Å². The third kappa shape index (κ3) is 4.75. The predicted octanol–water partition coefficient (Wildman–Crippen LogP) is 2.86. The summed E-state index contributed by atoms with van der Waals surface area (Å²) < 4.78 is 34.0. The molecule has 0 bridgehead atoms. The number of rotatable bonds is 7. The lowest BCUT2D eigenvalue weighted by Gasteiger charge is -2.26. The zero-order chi connectivity index (χ0) is 24.3. The first kappa shape index (κ1) is 23.7. The lowest BCUT2D eigenvalue weighted by molar-refractivity contribution is 0.0342. The lowest BCUT2D eigenvalue weighted by Crippen LogP contribution is -2.35. The number of carbonyl (C=O) groups excluding carboxylic acids is 1. The molecule has 0 saturated carbocycles. The van der Waals surface area contributed by atoms with Crippen molar-refractivity contribution in [3.05, 3.63) is 77.6 Å². The molecule has 1 fully saturated rings. The number of nitriles is 1. The zero-order valence-corrected chi connectivity index (χ0v) is 20.0. The Morgan fingerprint density at radius 1 is 1.12 bits per heavy atom. The molecule has 0 spiro atoms. The van der Waals surface area contributed by atoms with Gasteiger partial charge in [-0.2, -0.15) is 5.26 Å². The van der Waals surface area contributed by atoms with Gasteiger partial charge in [-0.25, -0.2) is 12.4 Å². The average molecular weight is 479 g/mol. The summed E-state index contributed by atoms with van der Waals surface area (Å²) in [6.07, 6.45) is 1.39. The monoisotopic (exact) mass is 478 g/mol. The number of morpholine rings is 1. The van der Waals surface area contributed by atoms with Gasteiger partial charge in [-0.1, -0.05) is 30.3 Å². The second kappa shape index (κ2) is 9.81. The van der Waals surface area contributed by atoms with Crippen LogP contribution in [0.4, 0.5) is 0 Å². The summed E-state index contributed by atoms with van der Waals surface area (Å²) in [6, 6.07) is 17.0. The van der Waals surface area contributed by atoms with E-state index in [0.29, 0.717) is 30.7 Å². The van der Waals surface area contributed by atoms with Gasteiger partial charge in [0, 0.05) is 45.3 Å². The van der Waals surface area contributed by atoms with E-state index in [1.54, 1.807) is 37.2 Å². The third-order valence-corrected chi connectivity index (χ3v) is 7.34. The van der Waals surface area contributed by atoms with Crippen LogP contribution in [0.25, 0.3) is 10.9 Å². The SMILES string of the molecule is CN(C)/C=C(\C#N)C(=O)c1cc2ccc(CN3CCOCC3)cc2n1S(=O)(=O)c1ccccc1. The van der Waals surface area contributed by atoms with Gasteiger partial charge in [0.2, 0.25) is 5.78 Å². The first-order valence-corrected chi connectivity index (χ1v) is 12.3. The topological polar surface area (TPSA) is 95.6 Å². The van der Waals surface area contributed by atoms with Gasteiger partial charge in [-0.15, -0.1) is 0 Å². The predicted molar refractivity (Wildman–Crippen MR) is 129 cm³/mol. The Morgan fingerprint density at radius 2 is 1.82 bits per heavy atom. The summed E-state index contributed by atoms with van der Waals surface area (Å²) in [7, 11) is -0.719. The quantitative estimate of drug-likeness (QED) is 0.293. The normalized spacial score (nSPS) is 15.3. The highest BCUT2D eigenvalue weighted by atomic mass is 32.2. The van der Waals surface area contributed by atoms with Crippen LogP contribution in [0, 0.1) is 11.3 Å². The van der Waals surface area contributed by atoms with Crippen molar-refractivity contribution in [1.29, 1.82) is 5.26 Å². The van der Waals surface area contributed by atoms with E-state index >= 15 is 0 Å². The van der Waals surface area contributed by atoms with Gasteiger partial charge in [-0.05, 0) is 29.8 Å². The third-order valence-electron chi connectivity index (χ3n) is 5.60. The van der Waals surface area contributed by atoms with Gasteiger partial charge in [0.05, 0.1) is 23.6 Å². The minimum absolute atomic E-state index is 0.0650. The largest absolute Gasteiger partial charge is 0.382 e. The molecule has 0 amide bonds. The molecule has 8 nitrogen and oxygen atoms in total. The Bertz CT molecular complexity index is 1380. The van der Waals surface area contributed by atoms with E-state index in [4.69, 9.17) is 4.74 Å². The number of ether oxygens (including phenoxy) is 1. The van der Waals surface area contributed by atoms with Gasteiger partial charge in [0.25, 0.3) is 10.0 Å². The number of hydrogen-bond acceptors (Lipinski definition) is 7. The molecule has 4 rings (SSSR count). The van der Waals surface area contributed by atoms with Gasteiger partial charge >= 0.3 is 0 Å². The van der Waals surface area contributed by atoms with E-state index in [0.717, 1.165) is 22.6 Å². The van der Waals surface area contributed by atoms with Gasteiger partial charge in [-0.3, -0.25) is 9.69 Å². The molecule has 0 N–H and O–H groups in total. The van der Waals surface area contributed by atoms with Crippen LogP contribution < -0.4 is 0 Å². The lowest BCUT2D eigenvalue weighted by atomic mass is 10.1. The van der Waals surface area contributed by atoms with E-state index in [9.17, 15) is 18.5 Å². The van der Waals surface area contributed by atoms with E-state index in [-0.39, 0.29) is 16.2 Å². The Labute approximate surface area is 199 Å². The fraction of sp³-hybridized carbons (Fsp3) is 0.280. The van der Waals surface area contributed by atoms with Crippen LogP contribution in [0.1, 0.15) is 16.1 Å². The Morgan fingerprint density at radius 3 is 2.47 bits per heavy atom. The number of fused-ring (bicyclic) bond motifs is 1. The fourth-order valence-electron chi connectivity index (χ4n) is 3.99. The molecule has 0 unspecified atom stereocenters. The fourth-order valence-corrected chi connectivity index (χ4v) is 5.51. The van der Waals surface area contributed by atoms with Crippen molar-refractivity contribution in [2.24, 2.45) is 0 Å². The maximum absolute atomic E-state index is 13.7. The van der Waals surface area contributed by atoms with Crippen molar-refractivity contribution in [3.8, 4) is 6.07 Å². The maximum Gasteiger partial charge on any atom is 0.268 e. The molecule has 1 aliphatic rings. The molecule has 2 aromatic carbocycles. The molecule has 1 saturated heterocycles. The number of benzene rings is 2. The molecule has 34 heavy (non-hydrogen) atoms. The molecule has 0 aliphatic carbocycles. The molecule has 2 heterocycles. The molecular weight excluding hydrogens is 452 g/mol. The van der Waals surface area contributed by atoms with Crippen molar-refractivity contribution < 1.29 is 17.9 Å². The van der Waals surface area contributed by atoms with Gasteiger partial charge in [0.1, 0.15) is 17.3 Å². The molecule has 1 aromatic heterocycles. The van der Waals surface area contributed by atoms with Crippen molar-refractivity contribution in [2.45, 2.75) is 11.4 Å². The van der Waals surface area contributed by atoms with Crippen LogP contribution in [-0.4, -0.2) is 68.4 Å². The van der Waals surface area contributed by atoms with E-state index in [2.05, 4.69) is 4.90 Å². The number of Topliss-reactive ketones (excluding diaryl/α,β-unsaturated/α-hetero) is 1. The molecular formula is C25H26N4O4S. The highest BCUT2D eigenvalue weighted by Gasteiger charge is 2.28. The highest BCUT2D eigenvalue weighted by molar-refractivity contribution is 7.90. The number of carbonyl (C=O) groups is 1. The minimum atomic E-state index is -4.11. The molecule has 9 heteroatoms. The summed E-state index contributed by atoms with van der Waals surface area (Å²) in [5, 5.41) is 10.2. The van der Waals surface area contributed by atoms with Crippen molar-refractivity contribution in [2.75, 3.05) is 40.4 Å².